The van der Waals surface area contributed by atoms with Crippen molar-refractivity contribution in [3.8, 4) is 0 Å². The first kappa shape index (κ1) is 27.8. The van der Waals surface area contributed by atoms with Gasteiger partial charge in [-0.25, -0.2) is 0 Å². The molecule has 0 saturated carbocycles. The maximum absolute atomic E-state index is 8.40. The van der Waals surface area contributed by atoms with Crippen LogP contribution in [0.3, 0.4) is 0 Å². The van der Waals surface area contributed by atoms with Crippen LogP contribution < -0.4 is 24.8 Å². The van der Waals surface area contributed by atoms with Crippen molar-refractivity contribution >= 4 is 5.57 Å². The minimum absolute atomic E-state index is 0. The summed E-state index contributed by atoms with van der Waals surface area (Å²) >= 11 is 0. The van der Waals surface area contributed by atoms with E-state index in [4.69, 9.17) is 5.11 Å². The predicted molar refractivity (Wildman–Crippen MR) is 87.4 cm³/mol. The molecule has 1 aliphatic rings. The van der Waals surface area contributed by atoms with Gasteiger partial charge in [-0.1, -0.05) is 37.5 Å². The normalized spacial score (nSPS) is 13.3. The summed E-state index contributed by atoms with van der Waals surface area (Å²) in [6, 6.07) is 11.5. The van der Waals surface area contributed by atoms with E-state index in [1.807, 2.05) is 32.9 Å². The summed E-state index contributed by atoms with van der Waals surface area (Å²) in [4.78, 5) is 0. The van der Waals surface area contributed by atoms with Gasteiger partial charge in [-0.15, -0.1) is 41.5 Å². The average molecular weight is 390 g/mol. The zero-order valence-corrected chi connectivity index (χ0v) is 18.0. The van der Waals surface area contributed by atoms with Gasteiger partial charge in [-0.2, -0.15) is 0 Å². The zero-order chi connectivity index (χ0) is 15.3. The van der Waals surface area contributed by atoms with Crippen molar-refractivity contribution < 1.29 is 51.6 Å². The van der Waals surface area contributed by atoms with E-state index < -0.39 is 0 Å². The third-order valence-electron chi connectivity index (χ3n) is 3.61. The number of benzene rings is 1. The monoisotopic (exact) mass is 389 g/mol. The van der Waals surface area contributed by atoms with Gasteiger partial charge in [0.15, 0.2) is 0 Å². The third-order valence-corrected chi connectivity index (χ3v) is 3.61. The molecule has 1 nitrogen and oxygen atoms in total. The van der Waals surface area contributed by atoms with Crippen molar-refractivity contribution in [1.82, 2.24) is 0 Å². The molecular weight excluding hydrogens is 363 g/mol. The molecule has 1 aromatic carbocycles. The van der Waals surface area contributed by atoms with Crippen LogP contribution in [0.25, 0.3) is 5.57 Å². The van der Waals surface area contributed by atoms with Gasteiger partial charge < -0.3 is 29.9 Å². The molecule has 0 spiro atoms. The Morgan fingerprint density at radius 1 is 1.04 bits per heavy atom. The van der Waals surface area contributed by atoms with Gasteiger partial charge in [0.05, 0.1) is 0 Å². The van der Waals surface area contributed by atoms with Gasteiger partial charge in [-0.3, -0.25) is 0 Å². The molecule has 0 aliphatic heterocycles. The fourth-order valence-electron chi connectivity index (χ4n) is 1.96. The average Bonchev–Trinajstić information content (AvgIpc) is 2.67. The fraction of sp³-hybridized carbons (Fsp3) is 0.474. The molecule has 0 aromatic heterocycles. The Hall–Kier alpha value is -0.0457. The molecule has 0 bridgehead atoms. The van der Waals surface area contributed by atoms with E-state index in [2.05, 4.69) is 39.0 Å². The number of aliphatic hydroxyl groups excluding tert-OH is 1. The Bertz CT molecular complexity index is 514. The molecule has 127 valence electrons. The molecule has 4 heteroatoms. The Balaban J connectivity index is -0.000000392. The third kappa shape index (κ3) is 9.12. The van der Waals surface area contributed by atoms with Gasteiger partial charge in [0.1, 0.15) is 0 Å². The van der Waals surface area contributed by atoms with Crippen molar-refractivity contribution in [2.45, 2.75) is 48.0 Å². The first-order valence-electron chi connectivity index (χ1n) is 7.20. The molecule has 0 unspecified atom stereocenters. The number of hydrogen-bond donors (Lipinski definition) is 1. The standard InChI is InChI=1S/C14H15.C5H12O.2ClH.Ti/c1-10-9-14(12(3)11(10)2)13-7-5-4-6-8-13;1-5(2,3)4-6;;;/h4-7H,9H2,1-3H3;6H,4H2,1-3H3;2*1H;/q-1;;;;+3/p-2. The molecular formula is C19H27Cl2OTi. The van der Waals surface area contributed by atoms with Crippen LogP contribution in [-0.2, 0) is 21.7 Å². The van der Waals surface area contributed by atoms with E-state index in [1.165, 1.54) is 27.9 Å². The molecule has 0 heterocycles. The van der Waals surface area contributed by atoms with E-state index in [9.17, 15) is 0 Å². The topological polar surface area (TPSA) is 20.2 Å². The van der Waals surface area contributed by atoms with E-state index in [1.54, 1.807) is 0 Å². The first-order chi connectivity index (χ1) is 9.26. The van der Waals surface area contributed by atoms with Gasteiger partial charge in [-0.05, 0) is 32.6 Å². The van der Waals surface area contributed by atoms with Crippen LogP contribution >= 0.6 is 0 Å². The molecule has 0 atom stereocenters. The molecule has 23 heavy (non-hydrogen) atoms. The van der Waals surface area contributed by atoms with Crippen LogP contribution in [0.2, 0.25) is 0 Å². The smallest absolute Gasteiger partial charge is 1.00 e. The van der Waals surface area contributed by atoms with E-state index in [-0.39, 0.29) is 58.6 Å². The summed E-state index contributed by atoms with van der Waals surface area (Å²) in [6.45, 7) is 12.9. The van der Waals surface area contributed by atoms with Crippen molar-refractivity contribution in [2.75, 3.05) is 6.61 Å². The Labute approximate surface area is 169 Å². The maximum Gasteiger partial charge on any atom is 3.00 e. The van der Waals surface area contributed by atoms with Crippen LogP contribution in [0.4, 0.5) is 0 Å². The molecule has 0 amide bonds. The second-order valence-electron chi connectivity index (χ2n) is 6.68. The number of aliphatic hydroxyl groups is 1. The second kappa shape index (κ2) is 12.3. The molecule has 1 aliphatic carbocycles. The predicted octanol–water partition coefficient (Wildman–Crippen LogP) is -0.969. The van der Waals surface area contributed by atoms with Crippen LogP contribution in [0, 0.1) is 11.5 Å². The van der Waals surface area contributed by atoms with Crippen LogP contribution in [-0.4, -0.2) is 11.7 Å². The number of rotatable bonds is 1. The molecule has 1 radical (unpaired) electrons. The Kier molecular flexibility index (Phi) is 14.9. The van der Waals surface area contributed by atoms with Crippen molar-refractivity contribution in [1.29, 1.82) is 0 Å². The maximum atomic E-state index is 8.40. The first-order valence-corrected chi connectivity index (χ1v) is 7.20. The molecule has 0 saturated heterocycles. The van der Waals surface area contributed by atoms with Gasteiger partial charge in [0.2, 0.25) is 0 Å². The van der Waals surface area contributed by atoms with E-state index in [0.29, 0.717) is 0 Å². The van der Waals surface area contributed by atoms with Crippen molar-refractivity contribution in [2.24, 2.45) is 5.41 Å². The summed E-state index contributed by atoms with van der Waals surface area (Å²) in [7, 11) is 0. The van der Waals surface area contributed by atoms with Gasteiger partial charge in [0, 0.05) is 6.61 Å². The Morgan fingerprint density at radius 2 is 1.57 bits per heavy atom. The van der Waals surface area contributed by atoms with Crippen LogP contribution in [0.1, 0.15) is 53.5 Å². The van der Waals surface area contributed by atoms with Crippen LogP contribution in [0.15, 0.2) is 41.0 Å². The number of halogens is 2. The minimum Gasteiger partial charge on any atom is -1.00 e. The molecule has 1 N–H and O–H groups in total. The summed E-state index contributed by atoms with van der Waals surface area (Å²) in [5.41, 5.74) is 7.18. The van der Waals surface area contributed by atoms with E-state index >= 15 is 0 Å². The molecule has 0 fully saturated rings. The molecule has 2 rings (SSSR count). The molecule has 1 aromatic rings. The summed E-state index contributed by atoms with van der Waals surface area (Å²) in [6.07, 6.45) is 1.10. The minimum atomic E-state index is 0. The van der Waals surface area contributed by atoms with Crippen molar-refractivity contribution in [3.63, 3.8) is 0 Å². The number of allylic oxidation sites excluding steroid dienone is 4. The van der Waals surface area contributed by atoms with Crippen LogP contribution in [0.5, 0.6) is 0 Å². The SMILES string of the molecule is CC(C)(C)CO.CC1=C(C)C(C)=C(c2[c-]cccc2)C1.[Cl-].[Cl-].[Ti+3]. The van der Waals surface area contributed by atoms with Crippen molar-refractivity contribution in [3.05, 3.63) is 52.6 Å². The van der Waals surface area contributed by atoms with Gasteiger partial charge >= 0.3 is 21.7 Å². The summed E-state index contributed by atoms with van der Waals surface area (Å²) < 4.78 is 0. The Morgan fingerprint density at radius 3 is 1.87 bits per heavy atom. The van der Waals surface area contributed by atoms with Gasteiger partial charge in [0.25, 0.3) is 0 Å². The summed E-state index contributed by atoms with van der Waals surface area (Å²) in [5.74, 6) is 0. The summed E-state index contributed by atoms with van der Waals surface area (Å²) in [5, 5.41) is 8.40. The number of hydrogen-bond acceptors (Lipinski definition) is 1. The largest absolute Gasteiger partial charge is 3.00 e. The quantitative estimate of drug-likeness (QED) is 0.484. The second-order valence-corrected chi connectivity index (χ2v) is 6.68. The van der Waals surface area contributed by atoms with E-state index in [0.717, 1.165) is 6.42 Å². The fourth-order valence-corrected chi connectivity index (χ4v) is 1.96. The zero-order valence-electron chi connectivity index (χ0n) is 14.9.